The number of aromatic nitrogens is 2. The van der Waals surface area contributed by atoms with Crippen molar-refractivity contribution in [1.82, 2.24) is 9.78 Å². The molecule has 0 fully saturated rings. The van der Waals surface area contributed by atoms with Crippen molar-refractivity contribution >= 4 is 0 Å². The van der Waals surface area contributed by atoms with Gasteiger partial charge in [0, 0.05) is 25.9 Å². The molecule has 1 aromatic heterocycles. The zero-order valence-electron chi connectivity index (χ0n) is 11.2. The highest BCUT2D eigenvalue weighted by atomic mass is 16.5. The zero-order valence-corrected chi connectivity index (χ0v) is 11.2. The molecule has 2 aromatic rings. The molecule has 1 unspecified atom stereocenters. The summed E-state index contributed by atoms with van der Waals surface area (Å²) in [5.41, 5.74) is 8.00. The molecule has 0 amide bonds. The maximum absolute atomic E-state index is 6.25. The van der Waals surface area contributed by atoms with Gasteiger partial charge in [-0.1, -0.05) is 18.2 Å². The molecular formula is C14H19N3O2. The lowest BCUT2D eigenvalue weighted by Gasteiger charge is -2.15. The molecule has 0 radical (unpaired) electrons. The van der Waals surface area contributed by atoms with E-state index in [-0.39, 0.29) is 6.04 Å². The van der Waals surface area contributed by atoms with E-state index in [9.17, 15) is 0 Å². The Labute approximate surface area is 112 Å². The average molecular weight is 261 g/mol. The molecule has 0 aliphatic heterocycles. The third-order valence-electron chi connectivity index (χ3n) is 2.85. The van der Waals surface area contributed by atoms with Gasteiger partial charge in [0.15, 0.2) is 0 Å². The highest BCUT2D eigenvalue weighted by molar-refractivity contribution is 5.39. The molecule has 2 N–H and O–H groups in total. The Bertz CT molecular complexity index is 525. The van der Waals surface area contributed by atoms with E-state index in [1.807, 2.05) is 43.6 Å². The molecule has 0 saturated heterocycles. The first-order valence-corrected chi connectivity index (χ1v) is 6.18. The van der Waals surface area contributed by atoms with E-state index in [1.54, 1.807) is 11.8 Å². The van der Waals surface area contributed by atoms with Crippen LogP contribution in [0.25, 0.3) is 0 Å². The van der Waals surface area contributed by atoms with E-state index >= 15 is 0 Å². The van der Waals surface area contributed by atoms with Gasteiger partial charge in [-0.15, -0.1) is 0 Å². The molecule has 19 heavy (non-hydrogen) atoms. The van der Waals surface area contributed by atoms with Crippen LogP contribution in [0.4, 0.5) is 0 Å². The van der Waals surface area contributed by atoms with Crippen LogP contribution in [0.5, 0.6) is 5.75 Å². The Balaban J connectivity index is 2.18. The SMILES string of the molecule is COCCOc1ccccc1C(N)c1ccn(C)n1. The van der Waals surface area contributed by atoms with E-state index in [0.29, 0.717) is 13.2 Å². The zero-order chi connectivity index (χ0) is 13.7. The summed E-state index contributed by atoms with van der Waals surface area (Å²) in [5, 5.41) is 4.34. The fourth-order valence-corrected chi connectivity index (χ4v) is 1.86. The smallest absolute Gasteiger partial charge is 0.124 e. The first-order valence-electron chi connectivity index (χ1n) is 6.18. The predicted molar refractivity (Wildman–Crippen MR) is 73.1 cm³/mol. The van der Waals surface area contributed by atoms with Crippen molar-refractivity contribution < 1.29 is 9.47 Å². The van der Waals surface area contributed by atoms with Gasteiger partial charge in [0.05, 0.1) is 18.3 Å². The highest BCUT2D eigenvalue weighted by Crippen LogP contribution is 2.27. The summed E-state index contributed by atoms with van der Waals surface area (Å²) in [7, 11) is 3.52. The Kier molecular flexibility index (Phi) is 4.54. The summed E-state index contributed by atoms with van der Waals surface area (Å²) in [6, 6.07) is 9.36. The molecule has 2 rings (SSSR count). The molecule has 5 nitrogen and oxygen atoms in total. The molecule has 0 aliphatic rings. The van der Waals surface area contributed by atoms with Gasteiger partial charge in [0.2, 0.25) is 0 Å². The molecule has 1 aromatic carbocycles. The van der Waals surface area contributed by atoms with Crippen LogP contribution in [-0.4, -0.2) is 30.1 Å². The first kappa shape index (κ1) is 13.6. The minimum Gasteiger partial charge on any atom is -0.491 e. The second-order valence-electron chi connectivity index (χ2n) is 4.27. The summed E-state index contributed by atoms with van der Waals surface area (Å²) < 4.78 is 12.4. The number of methoxy groups -OCH3 is 1. The topological polar surface area (TPSA) is 62.3 Å². The van der Waals surface area contributed by atoms with E-state index in [1.165, 1.54) is 0 Å². The Morgan fingerprint density at radius 2 is 2.05 bits per heavy atom. The molecule has 1 heterocycles. The maximum atomic E-state index is 6.25. The summed E-state index contributed by atoms with van der Waals surface area (Å²) in [6.45, 7) is 1.05. The minimum absolute atomic E-state index is 0.292. The average Bonchev–Trinajstić information content (AvgIpc) is 2.85. The van der Waals surface area contributed by atoms with Gasteiger partial charge in [-0.3, -0.25) is 4.68 Å². The standard InChI is InChI=1S/C14H19N3O2/c1-17-8-7-12(16-17)14(15)11-5-3-4-6-13(11)19-10-9-18-2/h3-8,14H,9-10,15H2,1-2H3. The molecule has 0 bridgehead atoms. The normalized spacial score (nSPS) is 12.4. The van der Waals surface area contributed by atoms with Gasteiger partial charge in [-0.2, -0.15) is 5.10 Å². The Morgan fingerprint density at radius 1 is 1.26 bits per heavy atom. The summed E-state index contributed by atoms with van der Waals surface area (Å²) in [5.74, 6) is 0.776. The third kappa shape index (κ3) is 3.33. The van der Waals surface area contributed by atoms with Crippen molar-refractivity contribution in [2.75, 3.05) is 20.3 Å². The number of hydrogen-bond acceptors (Lipinski definition) is 4. The number of nitrogens with two attached hydrogens (primary N) is 1. The molecule has 0 aliphatic carbocycles. The molecule has 1 atom stereocenters. The van der Waals surface area contributed by atoms with Gasteiger partial charge in [-0.05, 0) is 12.1 Å². The van der Waals surface area contributed by atoms with E-state index in [4.69, 9.17) is 15.2 Å². The monoisotopic (exact) mass is 261 g/mol. The predicted octanol–water partition coefficient (Wildman–Crippen LogP) is 1.49. The van der Waals surface area contributed by atoms with Crippen molar-refractivity contribution in [3.63, 3.8) is 0 Å². The maximum Gasteiger partial charge on any atom is 0.124 e. The van der Waals surface area contributed by atoms with Crippen LogP contribution >= 0.6 is 0 Å². The molecule has 102 valence electrons. The lowest BCUT2D eigenvalue weighted by atomic mass is 10.0. The number of benzene rings is 1. The summed E-state index contributed by atoms with van der Waals surface area (Å²) >= 11 is 0. The van der Waals surface area contributed by atoms with Crippen molar-refractivity contribution in [3.8, 4) is 5.75 Å². The number of para-hydroxylation sites is 1. The van der Waals surface area contributed by atoms with E-state index in [0.717, 1.165) is 17.0 Å². The second kappa shape index (κ2) is 6.36. The highest BCUT2D eigenvalue weighted by Gasteiger charge is 2.16. The molecular weight excluding hydrogens is 242 g/mol. The summed E-state index contributed by atoms with van der Waals surface area (Å²) in [4.78, 5) is 0. The lowest BCUT2D eigenvalue weighted by Crippen LogP contribution is -2.15. The van der Waals surface area contributed by atoms with Crippen LogP contribution in [0.1, 0.15) is 17.3 Å². The third-order valence-corrected chi connectivity index (χ3v) is 2.85. The van der Waals surface area contributed by atoms with Gasteiger partial charge < -0.3 is 15.2 Å². The number of aryl methyl sites for hydroxylation is 1. The van der Waals surface area contributed by atoms with Crippen LogP contribution in [-0.2, 0) is 11.8 Å². The Morgan fingerprint density at radius 3 is 2.74 bits per heavy atom. The number of nitrogens with zero attached hydrogens (tertiary/aromatic N) is 2. The lowest BCUT2D eigenvalue weighted by molar-refractivity contribution is 0.145. The molecule has 0 saturated carbocycles. The molecule has 0 spiro atoms. The van der Waals surface area contributed by atoms with Crippen LogP contribution in [0.2, 0.25) is 0 Å². The van der Waals surface area contributed by atoms with Crippen molar-refractivity contribution in [1.29, 1.82) is 0 Å². The van der Waals surface area contributed by atoms with Crippen LogP contribution in [0, 0.1) is 0 Å². The quantitative estimate of drug-likeness (QED) is 0.800. The summed E-state index contributed by atoms with van der Waals surface area (Å²) in [6.07, 6.45) is 1.88. The number of hydrogen-bond donors (Lipinski definition) is 1. The molecule has 5 heteroatoms. The fourth-order valence-electron chi connectivity index (χ4n) is 1.86. The Hall–Kier alpha value is -1.85. The van der Waals surface area contributed by atoms with E-state index < -0.39 is 0 Å². The fraction of sp³-hybridized carbons (Fsp3) is 0.357. The second-order valence-corrected chi connectivity index (χ2v) is 4.27. The van der Waals surface area contributed by atoms with Crippen molar-refractivity contribution in [2.45, 2.75) is 6.04 Å². The van der Waals surface area contributed by atoms with Crippen molar-refractivity contribution in [3.05, 3.63) is 47.8 Å². The van der Waals surface area contributed by atoms with E-state index in [2.05, 4.69) is 5.10 Å². The number of rotatable bonds is 6. The van der Waals surface area contributed by atoms with Gasteiger partial charge in [0.25, 0.3) is 0 Å². The van der Waals surface area contributed by atoms with Crippen LogP contribution < -0.4 is 10.5 Å². The van der Waals surface area contributed by atoms with Crippen molar-refractivity contribution in [2.24, 2.45) is 12.8 Å². The van der Waals surface area contributed by atoms with Crippen LogP contribution in [0.15, 0.2) is 36.5 Å². The van der Waals surface area contributed by atoms with Gasteiger partial charge in [0.1, 0.15) is 12.4 Å². The minimum atomic E-state index is -0.292. The van der Waals surface area contributed by atoms with Gasteiger partial charge >= 0.3 is 0 Å². The first-order chi connectivity index (χ1) is 9.22. The van der Waals surface area contributed by atoms with Crippen LogP contribution in [0.3, 0.4) is 0 Å². The largest absolute Gasteiger partial charge is 0.491 e. The number of ether oxygens (including phenoxy) is 2. The van der Waals surface area contributed by atoms with Gasteiger partial charge in [-0.25, -0.2) is 0 Å².